The first-order valence-electron chi connectivity index (χ1n) is 10.1. The third-order valence-electron chi connectivity index (χ3n) is 5.90. The van der Waals surface area contributed by atoms with Gasteiger partial charge >= 0.3 is 0 Å². The van der Waals surface area contributed by atoms with Gasteiger partial charge in [-0.15, -0.1) is 0 Å². The molecule has 0 spiro atoms. The molecule has 31 heavy (non-hydrogen) atoms. The van der Waals surface area contributed by atoms with Crippen molar-refractivity contribution in [2.24, 2.45) is 0 Å². The van der Waals surface area contributed by atoms with Crippen molar-refractivity contribution in [2.75, 3.05) is 23.3 Å². The van der Waals surface area contributed by atoms with Crippen molar-refractivity contribution >= 4 is 40.0 Å². The number of hydrogen-bond donors (Lipinski definition) is 2. The number of benzene rings is 1. The lowest BCUT2D eigenvalue weighted by molar-refractivity contribution is 0.149. The van der Waals surface area contributed by atoms with Gasteiger partial charge < -0.3 is 15.5 Å². The molecule has 0 saturated carbocycles. The predicted molar refractivity (Wildman–Crippen MR) is 114 cm³/mol. The Kier molecular flexibility index (Phi) is 5.31. The molecular weight excluding hydrogens is 429 g/mol. The summed E-state index contributed by atoms with van der Waals surface area (Å²) in [4.78, 5) is 15.6. The van der Waals surface area contributed by atoms with Gasteiger partial charge in [-0.1, -0.05) is 17.7 Å². The number of alkyl halides is 2. The molecule has 2 atom stereocenters. The minimum absolute atomic E-state index is 0.0384. The van der Waals surface area contributed by atoms with Crippen molar-refractivity contribution in [3.8, 4) is 0 Å². The van der Waals surface area contributed by atoms with Gasteiger partial charge in [0, 0.05) is 31.6 Å². The Labute approximate surface area is 181 Å². The van der Waals surface area contributed by atoms with Crippen LogP contribution in [0.1, 0.15) is 18.4 Å². The van der Waals surface area contributed by atoms with Crippen LogP contribution in [0.15, 0.2) is 30.6 Å². The lowest BCUT2D eigenvalue weighted by Gasteiger charge is -2.46. The van der Waals surface area contributed by atoms with Crippen molar-refractivity contribution in [1.29, 1.82) is 0 Å². The minimum Gasteiger partial charge on any atom is -0.351 e. The van der Waals surface area contributed by atoms with E-state index in [4.69, 9.17) is 16.6 Å². The van der Waals surface area contributed by atoms with E-state index in [0.29, 0.717) is 28.9 Å². The van der Waals surface area contributed by atoms with E-state index >= 15 is 0 Å². The highest BCUT2D eigenvalue weighted by atomic mass is 35.5. The van der Waals surface area contributed by atoms with Crippen LogP contribution in [-0.2, 0) is 6.42 Å². The first-order valence-corrected chi connectivity index (χ1v) is 10.5. The van der Waals surface area contributed by atoms with Crippen LogP contribution < -0.4 is 15.5 Å². The molecule has 6 nitrogen and oxygen atoms in total. The highest BCUT2D eigenvalue weighted by Crippen LogP contribution is 2.32. The number of aromatic nitrogens is 3. The first kappa shape index (κ1) is 20.3. The molecule has 3 aromatic rings. The predicted octanol–water partition coefficient (Wildman–Crippen LogP) is 4.31. The molecule has 0 radical (unpaired) electrons. The number of fused-ring (bicyclic) bond motifs is 4. The SMILES string of the molecule is Fc1c(Nc2ncnc3ccc(N4C[C@H]5CC[C@@H]4CN5)nc23)ccc(CC(F)F)c1Cl. The number of nitrogens with one attached hydrogen (secondary N) is 2. The second-order valence-corrected chi connectivity index (χ2v) is 8.25. The Morgan fingerprint density at radius 2 is 2.06 bits per heavy atom. The van der Waals surface area contributed by atoms with Crippen LogP contribution in [0.3, 0.4) is 0 Å². The number of nitrogens with zero attached hydrogens (tertiary/aromatic N) is 4. The minimum atomic E-state index is -2.61. The van der Waals surface area contributed by atoms with Gasteiger partial charge in [0.2, 0.25) is 6.43 Å². The molecule has 3 saturated heterocycles. The van der Waals surface area contributed by atoms with Crippen LogP contribution in [0.2, 0.25) is 5.02 Å². The van der Waals surface area contributed by atoms with Crippen molar-refractivity contribution < 1.29 is 13.2 Å². The van der Waals surface area contributed by atoms with E-state index in [9.17, 15) is 13.2 Å². The van der Waals surface area contributed by atoms with Crippen LogP contribution in [0.4, 0.5) is 30.5 Å². The average molecular weight is 449 g/mol. The fraction of sp³-hybridized carbons (Fsp3) is 0.381. The van der Waals surface area contributed by atoms with Crippen molar-refractivity contribution in [3.63, 3.8) is 0 Å². The van der Waals surface area contributed by atoms with Gasteiger partial charge in [-0.25, -0.2) is 28.1 Å². The lowest BCUT2D eigenvalue weighted by Crippen LogP contribution is -2.61. The molecule has 6 rings (SSSR count). The smallest absolute Gasteiger partial charge is 0.242 e. The van der Waals surface area contributed by atoms with Gasteiger partial charge in [0.05, 0.1) is 16.2 Å². The second-order valence-electron chi connectivity index (χ2n) is 7.87. The molecule has 0 aliphatic carbocycles. The molecule has 5 heterocycles. The van der Waals surface area contributed by atoms with E-state index in [1.165, 1.54) is 18.5 Å². The highest BCUT2D eigenvalue weighted by molar-refractivity contribution is 6.31. The summed E-state index contributed by atoms with van der Waals surface area (Å²) in [5.41, 5.74) is 1.21. The summed E-state index contributed by atoms with van der Waals surface area (Å²) in [6, 6.07) is 7.42. The second kappa shape index (κ2) is 8.12. The highest BCUT2D eigenvalue weighted by Gasteiger charge is 2.34. The fourth-order valence-electron chi connectivity index (χ4n) is 4.31. The first-order chi connectivity index (χ1) is 15.0. The number of piperazine rings is 1. The van der Waals surface area contributed by atoms with Crippen LogP contribution in [0, 0.1) is 5.82 Å². The number of halogens is 4. The third kappa shape index (κ3) is 3.87. The molecule has 2 N–H and O–H groups in total. The number of pyridine rings is 1. The molecule has 10 heteroatoms. The molecule has 2 bridgehead atoms. The number of anilines is 3. The van der Waals surface area contributed by atoms with Gasteiger partial charge in [-0.05, 0) is 36.6 Å². The van der Waals surface area contributed by atoms with Crippen LogP contribution in [-0.4, -0.2) is 46.6 Å². The van der Waals surface area contributed by atoms with E-state index in [2.05, 4.69) is 25.5 Å². The molecule has 3 fully saturated rings. The molecule has 1 aromatic carbocycles. The molecule has 3 aliphatic rings. The van der Waals surface area contributed by atoms with E-state index in [-0.39, 0.29) is 16.3 Å². The maximum atomic E-state index is 14.8. The monoisotopic (exact) mass is 448 g/mol. The summed E-state index contributed by atoms with van der Waals surface area (Å²) >= 11 is 5.98. The Morgan fingerprint density at radius 1 is 1.19 bits per heavy atom. The van der Waals surface area contributed by atoms with Gasteiger partial charge in [0.25, 0.3) is 0 Å². The standard InChI is InChI=1S/C21H20ClF3N6/c22-18-11(7-16(23)24)1-4-14(19(18)25)29-21-20-15(27-10-28-21)5-6-17(30-20)31-9-12-2-3-13(31)8-26-12/h1,4-6,10,12-13,16,26H,2-3,7-9H2,(H,27,28,29)/t12-,13-/m1/s1. The zero-order valence-electron chi connectivity index (χ0n) is 16.5. The van der Waals surface area contributed by atoms with Crippen LogP contribution in [0.5, 0.6) is 0 Å². The Bertz CT molecular complexity index is 1120. The van der Waals surface area contributed by atoms with Gasteiger partial charge in [0.15, 0.2) is 11.6 Å². The quantitative estimate of drug-likeness (QED) is 0.606. The average Bonchev–Trinajstić information content (AvgIpc) is 2.79. The Balaban J connectivity index is 1.48. The summed E-state index contributed by atoms with van der Waals surface area (Å²) < 4.78 is 40.1. The zero-order chi connectivity index (χ0) is 21.5. The summed E-state index contributed by atoms with van der Waals surface area (Å²) in [5.74, 6) is 0.346. The third-order valence-corrected chi connectivity index (χ3v) is 6.31. The van der Waals surface area contributed by atoms with Gasteiger partial charge in [0.1, 0.15) is 17.7 Å². The number of rotatable bonds is 5. The van der Waals surface area contributed by atoms with Crippen molar-refractivity contribution in [2.45, 2.75) is 37.8 Å². The van der Waals surface area contributed by atoms with Gasteiger partial charge in [-0.3, -0.25) is 0 Å². The molecule has 0 unspecified atom stereocenters. The molecular formula is C21H20ClF3N6. The van der Waals surface area contributed by atoms with E-state index < -0.39 is 18.7 Å². The molecule has 162 valence electrons. The summed E-state index contributed by atoms with van der Waals surface area (Å²) in [6.07, 6.45) is 0.423. The van der Waals surface area contributed by atoms with Crippen LogP contribution in [0.25, 0.3) is 11.0 Å². The van der Waals surface area contributed by atoms with Crippen molar-refractivity contribution in [1.82, 2.24) is 20.3 Å². The van der Waals surface area contributed by atoms with E-state index in [1.807, 2.05) is 12.1 Å². The molecule has 2 aromatic heterocycles. The topological polar surface area (TPSA) is 66.0 Å². The van der Waals surface area contributed by atoms with Crippen LogP contribution >= 0.6 is 11.6 Å². The zero-order valence-corrected chi connectivity index (χ0v) is 17.2. The Hall–Kier alpha value is -2.65. The molecule has 3 aliphatic heterocycles. The normalized spacial score (nSPS) is 20.6. The maximum Gasteiger partial charge on any atom is 0.242 e. The summed E-state index contributed by atoms with van der Waals surface area (Å²) in [6.45, 7) is 1.81. The fourth-order valence-corrected chi connectivity index (χ4v) is 4.55. The van der Waals surface area contributed by atoms with E-state index in [1.54, 1.807) is 0 Å². The maximum absolute atomic E-state index is 14.8. The van der Waals surface area contributed by atoms with Crippen molar-refractivity contribution in [3.05, 3.63) is 47.0 Å². The summed E-state index contributed by atoms with van der Waals surface area (Å²) in [5, 5.41) is 6.10. The summed E-state index contributed by atoms with van der Waals surface area (Å²) in [7, 11) is 0. The van der Waals surface area contributed by atoms with E-state index in [0.717, 1.165) is 31.7 Å². The number of hydrogen-bond acceptors (Lipinski definition) is 6. The Morgan fingerprint density at radius 3 is 2.77 bits per heavy atom. The number of piperidine rings is 2. The molecule has 0 amide bonds. The van der Waals surface area contributed by atoms with Gasteiger partial charge in [-0.2, -0.15) is 0 Å². The largest absolute Gasteiger partial charge is 0.351 e. The lowest BCUT2D eigenvalue weighted by atomic mass is 9.93.